The normalized spacial score (nSPS) is 11.5. The molecule has 0 aromatic heterocycles. The quantitative estimate of drug-likeness (QED) is 0.552. The molecular weight excluding hydrogens is 212 g/mol. The van der Waals surface area contributed by atoms with E-state index >= 15 is 0 Å². The molecule has 0 aliphatic rings. The van der Waals surface area contributed by atoms with Gasteiger partial charge < -0.3 is 0 Å². The average molecular weight is 220 g/mol. The van der Waals surface area contributed by atoms with Crippen LogP contribution in [-0.2, 0) is 6.42 Å². The van der Waals surface area contributed by atoms with Crippen molar-refractivity contribution in [1.29, 1.82) is 0 Å². The number of aryl methyl sites for hydroxylation is 1. The molecule has 0 aliphatic heterocycles. The number of hydrogen-bond acceptors (Lipinski definition) is 1. The van der Waals surface area contributed by atoms with E-state index in [1.54, 1.807) is 6.92 Å². The van der Waals surface area contributed by atoms with Crippen LogP contribution in [0.3, 0.4) is 0 Å². The highest BCUT2D eigenvalue weighted by atomic mass is 19.4. The molecule has 0 radical (unpaired) electrons. The number of hydrogen-bond donors (Lipinski definition) is 0. The maximum absolute atomic E-state index is 12.7. The van der Waals surface area contributed by atoms with E-state index in [9.17, 15) is 22.4 Å². The molecule has 0 spiro atoms. The minimum Gasteiger partial charge on any atom is -0.284 e. The van der Waals surface area contributed by atoms with Crippen LogP contribution < -0.4 is 0 Å². The standard InChI is InChI=1S/C10H8F4O/c1-2-6-3-4-7(11)5-8(6)9(15)10(12,13)14/h3-5H,2H2,1H3. The summed E-state index contributed by atoms with van der Waals surface area (Å²) in [5, 5.41) is 0. The number of alkyl halides is 3. The molecule has 0 heterocycles. The minimum atomic E-state index is -4.96. The van der Waals surface area contributed by atoms with Crippen molar-refractivity contribution in [2.75, 3.05) is 0 Å². The summed E-state index contributed by atoms with van der Waals surface area (Å²) < 4.78 is 49.0. The molecule has 0 saturated heterocycles. The first kappa shape index (κ1) is 11.7. The Bertz CT molecular complexity index is 381. The Morgan fingerprint density at radius 2 is 1.93 bits per heavy atom. The van der Waals surface area contributed by atoms with Gasteiger partial charge in [-0.05, 0) is 24.1 Å². The van der Waals surface area contributed by atoms with Crippen molar-refractivity contribution < 1.29 is 22.4 Å². The van der Waals surface area contributed by atoms with Crippen LogP contribution in [0, 0.1) is 5.82 Å². The fourth-order valence-electron chi connectivity index (χ4n) is 1.22. The molecule has 0 atom stereocenters. The minimum absolute atomic E-state index is 0.193. The third-order valence-corrected chi connectivity index (χ3v) is 1.95. The zero-order valence-electron chi connectivity index (χ0n) is 7.86. The van der Waals surface area contributed by atoms with Crippen LogP contribution in [-0.4, -0.2) is 12.0 Å². The van der Waals surface area contributed by atoms with Crippen LogP contribution in [0.2, 0.25) is 0 Å². The van der Waals surface area contributed by atoms with Crippen LogP contribution in [0.1, 0.15) is 22.8 Å². The SMILES string of the molecule is CCc1ccc(F)cc1C(=O)C(F)(F)F. The molecule has 0 amide bonds. The zero-order valence-corrected chi connectivity index (χ0v) is 7.86. The first-order chi connectivity index (χ1) is 6.86. The summed E-state index contributed by atoms with van der Waals surface area (Å²) in [5.41, 5.74) is -0.413. The van der Waals surface area contributed by atoms with Gasteiger partial charge in [0.15, 0.2) is 0 Å². The molecule has 15 heavy (non-hydrogen) atoms. The Hall–Kier alpha value is -1.39. The zero-order chi connectivity index (χ0) is 11.6. The summed E-state index contributed by atoms with van der Waals surface area (Å²) in [4.78, 5) is 10.9. The molecule has 0 fully saturated rings. The Kier molecular flexibility index (Phi) is 3.12. The van der Waals surface area contributed by atoms with E-state index in [0.717, 1.165) is 6.07 Å². The van der Waals surface area contributed by atoms with Gasteiger partial charge in [-0.15, -0.1) is 0 Å². The lowest BCUT2D eigenvalue weighted by Gasteiger charge is -2.09. The van der Waals surface area contributed by atoms with Gasteiger partial charge in [-0.2, -0.15) is 13.2 Å². The molecular formula is C10H8F4O. The fraction of sp³-hybridized carbons (Fsp3) is 0.300. The number of Topliss-reactive ketones (excluding diaryl/α,β-unsaturated/α-hetero) is 1. The van der Waals surface area contributed by atoms with E-state index < -0.39 is 23.3 Å². The van der Waals surface area contributed by atoms with Gasteiger partial charge >= 0.3 is 6.18 Å². The van der Waals surface area contributed by atoms with Crippen LogP contribution in [0.15, 0.2) is 18.2 Å². The molecule has 0 N–H and O–H groups in total. The molecule has 0 bridgehead atoms. The lowest BCUT2D eigenvalue weighted by atomic mass is 10.0. The van der Waals surface area contributed by atoms with Crippen molar-refractivity contribution in [2.45, 2.75) is 19.5 Å². The van der Waals surface area contributed by atoms with Crippen molar-refractivity contribution in [3.05, 3.63) is 35.1 Å². The number of carbonyl (C=O) groups excluding carboxylic acids is 1. The third-order valence-electron chi connectivity index (χ3n) is 1.95. The Morgan fingerprint density at radius 1 is 1.33 bits per heavy atom. The first-order valence-corrected chi connectivity index (χ1v) is 4.26. The number of ketones is 1. The average Bonchev–Trinajstić information content (AvgIpc) is 2.15. The molecule has 0 unspecified atom stereocenters. The van der Waals surface area contributed by atoms with Crippen molar-refractivity contribution in [3.8, 4) is 0 Å². The summed E-state index contributed by atoms with van der Waals surface area (Å²) in [7, 11) is 0. The first-order valence-electron chi connectivity index (χ1n) is 4.26. The molecule has 1 aromatic carbocycles. The maximum atomic E-state index is 12.7. The second-order valence-corrected chi connectivity index (χ2v) is 2.98. The molecule has 82 valence electrons. The predicted molar refractivity (Wildman–Crippen MR) is 46.2 cm³/mol. The van der Waals surface area contributed by atoms with E-state index in [0.29, 0.717) is 6.07 Å². The number of benzene rings is 1. The second kappa shape index (κ2) is 4.00. The summed E-state index contributed by atoms with van der Waals surface area (Å²) in [6.07, 6.45) is -4.71. The van der Waals surface area contributed by atoms with Gasteiger partial charge in [0.2, 0.25) is 0 Å². The fourth-order valence-corrected chi connectivity index (χ4v) is 1.22. The Labute approximate surface area is 83.7 Å². The van der Waals surface area contributed by atoms with E-state index in [-0.39, 0.29) is 12.0 Å². The highest BCUT2D eigenvalue weighted by molar-refractivity contribution is 6.01. The van der Waals surface area contributed by atoms with Gasteiger partial charge in [-0.25, -0.2) is 4.39 Å². The Balaban J connectivity index is 3.23. The van der Waals surface area contributed by atoms with Crippen LogP contribution >= 0.6 is 0 Å². The predicted octanol–water partition coefficient (Wildman–Crippen LogP) is 3.13. The van der Waals surface area contributed by atoms with E-state index in [2.05, 4.69) is 0 Å². The summed E-state index contributed by atoms with van der Waals surface area (Å²) in [5.74, 6) is -2.85. The lowest BCUT2D eigenvalue weighted by Crippen LogP contribution is -2.24. The van der Waals surface area contributed by atoms with E-state index in [1.807, 2.05) is 0 Å². The smallest absolute Gasteiger partial charge is 0.284 e. The van der Waals surface area contributed by atoms with Crippen molar-refractivity contribution in [3.63, 3.8) is 0 Å². The van der Waals surface area contributed by atoms with Gasteiger partial charge in [-0.3, -0.25) is 4.79 Å². The maximum Gasteiger partial charge on any atom is 0.454 e. The number of halogens is 4. The molecule has 0 saturated carbocycles. The summed E-state index contributed by atoms with van der Waals surface area (Å²) in [6, 6.07) is 2.84. The topological polar surface area (TPSA) is 17.1 Å². The third kappa shape index (κ3) is 2.55. The monoisotopic (exact) mass is 220 g/mol. The van der Waals surface area contributed by atoms with Crippen LogP contribution in [0.5, 0.6) is 0 Å². The number of carbonyl (C=O) groups is 1. The van der Waals surface area contributed by atoms with E-state index in [1.165, 1.54) is 6.07 Å². The molecule has 1 rings (SSSR count). The summed E-state index contributed by atoms with van der Waals surface area (Å²) >= 11 is 0. The Morgan fingerprint density at radius 3 is 2.40 bits per heavy atom. The number of rotatable bonds is 2. The van der Waals surface area contributed by atoms with Gasteiger partial charge in [0.1, 0.15) is 5.82 Å². The molecule has 5 heteroatoms. The van der Waals surface area contributed by atoms with E-state index in [4.69, 9.17) is 0 Å². The van der Waals surface area contributed by atoms with Crippen LogP contribution in [0.4, 0.5) is 17.6 Å². The molecule has 1 aromatic rings. The van der Waals surface area contributed by atoms with Crippen molar-refractivity contribution >= 4 is 5.78 Å². The largest absolute Gasteiger partial charge is 0.454 e. The van der Waals surface area contributed by atoms with Gasteiger partial charge in [0.05, 0.1) is 0 Å². The van der Waals surface area contributed by atoms with Crippen molar-refractivity contribution in [2.24, 2.45) is 0 Å². The lowest BCUT2D eigenvalue weighted by molar-refractivity contribution is -0.0885. The molecule has 1 nitrogen and oxygen atoms in total. The highest BCUT2D eigenvalue weighted by Gasteiger charge is 2.40. The highest BCUT2D eigenvalue weighted by Crippen LogP contribution is 2.24. The second-order valence-electron chi connectivity index (χ2n) is 2.98. The van der Waals surface area contributed by atoms with Gasteiger partial charge in [0, 0.05) is 5.56 Å². The molecule has 0 aliphatic carbocycles. The van der Waals surface area contributed by atoms with Crippen LogP contribution in [0.25, 0.3) is 0 Å². The summed E-state index contributed by atoms with van der Waals surface area (Å²) in [6.45, 7) is 1.60. The van der Waals surface area contributed by atoms with Crippen molar-refractivity contribution in [1.82, 2.24) is 0 Å². The van der Waals surface area contributed by atoms with Gasteiger partial charge in [-0.1, -0.05) is 13.0 Å². The van der Waals surface area contributed by atoms with Gasteiger partial charge in [0.25, 0.3) is 5.78 Å².